The molecule has 0 saturated heterocycles. The van der Waals surface area contributed by atoms with Crippen molar-refractivity contribution in [2.75, 3.05) is 0 Å². The lowest BCUT2D eigenvalue weighted by molar-refractivity contribution is -0.129. The molecule has 0 bridgehead atoms. The van der Waals surface area contributed by atoms with Crippen LogP contribution in [0.5, 0.6) is 0 Å². The zero-order valence-electron chi connectivity index (χ0n) is 21.0. The molecular weight excluding hydrogens is 460 g/mol. The Morgan fingerprint density at radius 1 is 1.20 bits per heavy atom. The quantitative estimate of drug-likeness (QED) is 0.387. The molecule has 1 atom stereocenters. The predicted octanol–water partition coefficient (Wildman–Crippen LogP) is 6.08. The van der Waals surface area contributed by atoms with E-state index >= 15 is 0 Å². The van der Waals surface area contributed by atoms with Crippen LogP contribution in [0.15, 0.2) is 64.4 Å². The van der Waals surface area contributed by atoms with Crippen molar-refractivity contribution in [1.82, 2.24) is 19.7 Å². The minimum absolute atomic E-state index is 0.119. The standard InChI is InChI=1S/C28H33ClN4O2/c1-6-21(29)15-14-18(2)25-31-33(27(35)32(25)22-16-17-22)28(4,5)26(34)30-19(3)23-13-9-11-20-10-7-8-12-24(20)23/h7-15,19,22H,6,16-17H2,1-5H3,(H,30,34)/b18-14+,21-15+/t19-/m0/s1. The number of hydrogen-bond acceptors (Lipinski definition) is 3. The van der Waals surface area contributed by atoms with E-state index in [1.54, 1.807) is 18.4 Å². The van der Waals surface area contributed by atoms with E-state index in [9.17, 15) is 9.59 Å². The van der Waals surface area contributed by atoms with Gasteiger partial charge in [0.05, 0.1) is 6.04 Å². The molecule has 35 heavy (non-hydrogen) atoms. The summed E-state index contributed by atoms with van der Waals surface area (Å²) in [6.07, 6.45) is 6.31. The minimum Gasteiger partial charge on any atom is -0.347 e. The summed E-state index contributed by atoms with van der Waals surface area (Å²) in [4.78, 5) is 27.0. The second-order valence-electron chi connectivity index (χ2n) is 9.76. The average Bonchev–Trinajstić information content (AvgIpc) is 3.62. The van der Waals surface area contributed by atoms with Crippen LogP contribution in [0.3, 0.4) is 0 Å². The van der Waals surface area contributed by atoms with Gasteiger partial charge in [-0.15, -0.1) is 5.10 Å². The third kappa shape index (κ3) is 4.98. The van der Waals surface area contributed by atoms with Crippen molar-refractivity contribution in [3.8, 4) is 0 Å². The monoisotopic (exact) mass is 492 g/mol. The Kier molecular flexibility index (Phi) is 7.04. The molecule has 3 aromatic rings. The predicted molar refractivity (Wildman–Crippen MR) is 142 cm³/mol. The first-order chi connectivity index (χ1) is 16.6. The van der Waals surface area contributed by atoms with E-state index in [4.69, 9.17) is 11.6 Å². The molecule has 1 aliphatic carbocycles. The molecule has 4 rings (SSSR count). The number of aromatic nitrogens is 3. The topological polar surface area (TPSA) is 68.9 Å². The lowest BCUT2D eigenvalue weighted by atomic mass is 9.98. The Hall–Kier alpha value is -3.12. The SMILES string of the molecule is CC/C(Cl)=C\C=C(/C)c1nn(C(C)(C)C(=O)N[C@@H](C)c2cccc3ccccc23)c(=O)n1C1CC1. The normalized spacial score (nSPS) is 15.9. The Labute approximate surface area is 211 Å². The molecule has 1 heterocycles. The largest absolute Gasteiger partial charge is 0.347 e. The Morgan fingerprint density at radius 2 is 1.89 bits per heavy atom. The smallest absolute Gasteiger partial charge is 0.347 e. The summed E-state index contributed by atoms with van der Waals surface area (Å²) >= 11 is 6.17. The number of rotatable bonds is 8. The first-order valence-corrected chi connectivity index (χ1v) is 12.6. The highest BCUT2D eigenvalue weighted by atomic mass is 35.5. The number of hydrogen-bond donors (Lipinski definition) is 1. The van der Waals surface area contributed by atoms with Crippen molar-refractivity contribution in [1.29, 1.82) is 0 Å². The van der Waals surface area contributed by atoms with Crippen LogP contribution < -0.4 is 11.0 Å². The van der Waals surface area contributed by atoms with Crippen LogP contribution in [0.25, 0.3) is 16.3 Å². The molecule has 1 fully saturated rings. The van der Waals surface area contributed by atoms with Crippen molar-refractivity contribution in [3.63, 3.8) is 0 Å². The molecule has 0 spiro atoms. The first-order valence-electron chi connectivity index (χ1n) is 12.2. The number of carbonyl (C=O) groups excluding carboxylic acids is 1. The van der Waals surface area contributed by atoms with Crippen LogP contribution >= 0.6 is 11.6 Å². The highest BCUT2D eigenvalue weighted by Crippen LogP contribution is 2.36. The maximum absolute atomic E-state index is 13.5. The highest BCUT2D eigenvalue weighted by molar-refractivity contribution is 6.29. The van der Waals surface area contributed by atoms with Gasteiger partial charge in [0.1, 0.15) is 5.54 Å². The molecule has 1 aliphatic rings. The van der Waals surface area contributed by atoms with E-state index in [0.717, 1.165) is 46.2 Å². The Morgan fingerprint density at radius 3 is 2.57 bits per heavy atom. The second kappa shape index (κ2) is 9.86. The number of benzene rings is 2. The molecule has 2 aromatic carbocycles. The fraction of sp³-hybridized carbons (Fsp3) is 0.393. The third-order valence-electron chi connectivity index (χ3n) is 6.65. The molecule has 1 amide bonds. The summed E-state index contributed by atoms with van der Waals surface area (Å²) < 4.78 is 3.05. The van der Waals surface area contributed by atoms with Gasteiger partial charge in [-0.3, -0.25) is 9.36 Å². The van der Waals surface area contributed by atoms with Gasteiger partial charge >= 0.3 is 5.69 Å². The zero-order chi connectivity index (χ0) is 25.3. The van der Waals surface area contributed by atoms with Crippen LogP contribution in [-0.4, -0.2) is 20.3 Å². The molecule has 0 unspecified atom stereocenters. The third-order valence-corrected chi connectivity index (χ3v) is 7.04. The second-order valence-corrected chi connectivity index (χ2v) is 10.2. The van der Waals surface area contributed by atoms with Gasteiger partial charge < -0.3 is 5.32 Å². The van der Waals surface area contributed by atoms with Gasteiger partial charge in [0.25, 0.3) is 0 Å². The summed E-state index contributed by atoms with van der Waals surface area (Å²) in [6.45, 7) is 9.33. The van der Waals surface area contributed by atoms with Gasteiger partial charge in [0.15, 0.2) is 5.82 Å². The fourth-order valence-electron chi connectivity index (χ4n) is 4.26. The fourth-order valence-corrected chi connectivity index (χ4v) is 4.32. The lowest BCUT2D eigenvalue weighted by Crippen LogP contribution is -2.49. The molecule has 0 aliphatic heterocycles. The molecular formula is C28H33ClN4O2. The van der Waals surface area contributed by atoms with Crippen LogP contribution in [0.1, 0.15) is 77.4 Å². The first kappa shape index (κ1) is 25.0. The van der Waals surface area contributed by atoms with Crippen LogP contribution in [0.2, 0.25) is 0 Å². The van der Waals surface area contributed by atoms with Gasteiger partial charge in [-0.1, -0.05) is 67.1 Å². The summed E-state index contributed by atoms with van der Waals surface area (Å²) in [5, 5.41) is 10.7. The van der Waals surface area contributed by atoms with Gasteiger partial charge in [-0.2, -0.15) is 4.68 Å². The van der Waals surface area contributed by atoms with Crippen LogP contribution in [0, 0.1) is 0 Å². The number of fused-ring (bicyclic) bond motifs is 1. The maximum Gasteiger partial charge on any atom is 0.347 e. The lowest BCUT2D eigenvalue weighted by Gasteiger charge is -2.26. The van der Waals surface area contributed by atoms with E-state index in [-0.39, 0.29) is 23.7 Å². The number of allylic oxidation sites excluding steroid dienone is 4. The number of amides is 1. The average molecular weight is 493 g/mol. The van der Waals surface area contributed by atoms with E-state index in [1.165, 1.54) is 4.68 Å². The van der Waals surface area contributed by atoms with E-state index in [1.807, 2.05) is 57.2 Å². The Bertz CT molecular complexity index is 1370. The van der Waals surface area contributed by atoms with E-state index in [0.29, 0.717) is 5.82 Å². The minimum atomic E-state index is -1.18. The zero-order valence-corrected chi connectivity index (χ0v) is 21.8. The van der Waals surface area contributed by atoms with Gasteiger partial charge in [-0.05, 0) is 74.9 Å². The van der Waals surface area contributed by atoms with Crippen molar-refractivity contribution in [3.05, 3.63) is 81.5 Å². The molecule has 0 radical (unpaired) electrons. The summed E-state index contributed by atoms with van der Waals surface area (Å²) in [5.41, 5.74) is 0.419. The number of nitrogens with zero attached hydrogens (tertiary/aromatic N) is 3. The van der Waals surface area contributed by atoms with Gasteiger partial charge in [0.2, 0.25) is 5.91 Å². The number of nitrogens with one attached hydrogen (secondary N) is 1. The number of halogens is 1. The molecule has 1 aromatic heterocycles. The van der Waals surface area contributed by atoms with Crippen LogP contribution in [0.4, 0.5) is 0 Å². The summed E-state index contributed by atoms with van der Waals surface area (Å²) in [7, 11) is 0. The van der Waals surface area contributed by atoms with Crippen molar-refractivity contribution in [2.24, 2.45) is 0 Å². The summed E-state index contributed by atoms with van der Waals surface area (Å²) in [5.74, 6) is 0.319. The highest BCUT2D eigenvalue weighted by Gasteiger charge is 2.38. The van der Waals surface area contributed by atoms with Crippen molar-refractivity contribution in [2.45, 2.75) is 71.5 Å². The molecule has 1 saturated carbocycles. The molecule has 6 nitrogen and oxygen atoms in total. The Balaban J connectivity index is 1.66. The van der Waals surface area contributed by atoms with Crippen molar-refractivity contribution >= 4 is 33.9 Å². The van der Waals surface area contributed by atoms with Gasteiger partial charge in [0, 0.05) is 11.1 Å². The van der Waals surface area contributed by atoms with Crippen molar-refractivity contribution < 1.29 is 4.79 Å². The number of carbonyl (C=O) groups is 1. The molecule has 184 valence electrons. The molecule has 1 N–H and O–H groups in total. The van der Waals surface area contributed by atoms with Crippen LogP contribution in [-0.2, 0) is 10.3 Å². The summed E-state index contributed by atoms with van der Waals surface area (Å²) in [6, 6.07) is 14.1. The van der Waals surface area contributed by atoms with E-state index < -0.39 is 5.54 Å². The van der Waals surface area contributed by atoms with Gasteiger partial charge in [-0.25, -0.2) is 4.79 Å². The molecule has 7 heteroatoms. The maximum atomic E-state index is 13.5. The van der Waals surface area contributed by atoms with E-state index in [2.05, 4.69) is 28.6 Å².